The topological polar surface area (TPSA) is 56.5 Å². The van der Waals surface area contributed by atoms with Gasteiger partial charge in [0.2, 0.25) is 0 Å². The maximum absolute atomic E-state index is 6.43. The molecule has 0 amide bonds. The summed E-state index contributed by atoms with van der Waals surface area (Å²) in [7, 11) is 0. The van der Waals surface area contributed by atoms with E-state index < -0.39 is 0 Å². The standard InChI is InChI=1S/C16H12ClN5/c17-15-13(4-3-11-7-8-18-19-9-11)5-6-14-16(15)20-21-22(14)10-12-1-2-12/h5-9,12H,1-2,10H2. The predicted octanol–water partition coefficient (Wildman–Crippen LogP) is 2.68. The third kappa shape index (κ3) is 2.53. The zero-order valence-electron chi connectivity index (χ0n) is 11.7. The van der Waals surface area contributed by atoms with Crippen molar-refractivity contribution in [3.8, 4) is 11.8 Å². The van der Waals surface area contributed by atoms with E-state index in [9.17, 15) is 0 Å². The van der Waals surface area contributed by atoms with E-state index in [1.807, 2.05) is 16.8 Å². The second kappa shape index (κ2) is 5.39. The van der Waals surface area contributed by atoms with Gasteiger partial charge in [-0.2, -0.15) is 10.2 Å². The molecule has 6 heteroatoms. The molecule has 0 unspecified atom stereocenters. The Kier molecular flexibility index (Phi) is 3.24. The third-order valence-electron chi connectivity index (χ3n) is 3.68. The first-order valence-electron chi connectivity index (χ1n) is 7.11. The molecule has 5 nitrogen and oxygen atoms in total. The van der Waals surface area contributed by atoms with E-state index in [0.29, 0.717) is 10.5 Å². The van der Waals surface area contributed by atoms with Crippen LogP contribution in [0.3, 0.4) is 0 Å². The van der Waals surface area contributed by atoms with E-state index >= 15 is 0 Å². The van der Waals surface area contributed by atoms with Crippen molar-refractivity contribution in [2.45, 2.75) is 19.4 Å². The molecule has 2 aromatic heterocycles. The van der Waals surface area contributed by atoms with Gasteiger partial charge < -0.3 is 0 Å². The molecule has 0 aliphatic heterocycles. The van der Waals surface area contributed by atoms with Gasteiger partial charge in [-0.3, -0.25) is 0 Å². The van der Waals surface area contributed by atoms with Crippen LogP contribution in [0.15, 0.2) is 30.6 Å². The van der Waals surface area contributed by atoms with Gasteiger partial charge in [-0.1, -0.05) is 28.7 Å². The molecule has 1 aromatic carbocycles. The lowest BCUT2D eigenvalue weighted by Gasteiger charge is -2.01. The molecule has 0 saturated heterocycles. The van der Waals surface area contributed by atoms with E-state index in [1.165, 1.54) is 12.8 Å². The molecule has 4 rings (SSSR count). The zero-order chi connectivity index (χ0) is 14.9. The minimum absolute atomic E-state index is 0.550. The highest BCUT2D eigenvalue weighted by Crippen LogP contribution is 2.32. The maximum atomic E-state index is 6.43. The van der Waals surface area contributed by atoms with E-state index in [0.717, 1.165) is 29.1 Å². The number of halogens is 1. The van der Waals surface area contributed by atoms with Crippen LogP contribution >= 0.6 is 11.6 Å². The molecule has 1 fully saturated rings. The Morgan fingerprint density at radius 3 is 2.86 bits per heavy atom. The summed E-state index contributed by atoms with van der Waals surface area (Å²) in [5, 5.41) is 16.5. The molecule has 22 heavy (non-hydrogen) atoms. The average Bonchev–Trinajstić information content (AvgIpc) is 3.27. The van der Waals surface area contributed by atoms with Crippen LogP contribution in [0.2, 0.25) is 5.02 Å². The number of fused-ring (bicyclic) bond motifs is 1. The van der Waals surface area contributed by atoms with Gasteiger partial charge in [-0.15, -0.1) is 5.10 Å². The van der Waals surface area contributed by atoms with Crippen molar-refractivity contribution in [1.29, 1.82) is 0 Å². The van der Waals surface area contributed by atoms with Crippen molar-refractivity contribution in [2.24, 2.45) is 5.92 Å². The van der Waals surface area contributed by atoms with Crippen LogP contribution in [0.4, 0.5) is 0 Å². The van der Waals surface area contributed by atoms with E-state index in [-0.39, 0.29) is 0 Å². The summed E-state index contributed by atoms with van der Waals surface area (Å²) in [5.41, 5.74) is 3.21. The quantitative estimate of drug-likeness (QED) is 0.683. The third-order valence-corrected chi connectivity index (χ3v) is 4.06. The van der Waals surface area contributed by atoms with Crippen molar-refractivity contribution >= 4 is 22.6 Å². The van der Waals surface area contributed by atoms with Crippen LogP contribution < -0.4 is 0 Å². The zero-order valence-corrected chi connectivity index (χ0v) is 12.5. The van der Waals surface area contributed by atoms with Crippen LogP contribution in [0.5, 0.6) is 0 Å². The van der Waals surface area contributed by atoms with E-state index in [4.69, 9.17) is 11.6 Å². The van der Waals surface area contributed by atoms with Gasteiger partial charge in [0.1, 0.15) is 5.52 Å². The van der Waals surface area contributed by atoms with Gasteiger partial charge in [0.25, 0.3) is 0 Å². The molecule has 3 aromatic rings. The van der Waals surface area contributed by atoms with Gasteiger partial charge in [0.15, 0.2) is 0 Å². The fraction of sp³-hybridized carbons (Fsp3) is 0.250. The normalized spacial score (nSPS) is 13.9. The first kappa shape index (κ1) is 13.2. The number of benzene rings is 1. The lowest BCUT2D eigenvalue weighted by atomic mass is 10.2. The highest BCUT2D eigenvalue weighted by Gasteiger charge is 2.23. The second-order valence-corrected chi connectivity index (χ2v) is 5.77. The SMILES string of the molecule is Clc1c(C#Cc2ccnnc2)ccc2c1nnn2CC1CC1. The minimum atomic E-state index is 0.550. The van der Waals surface area contributed by atoms with Gasteiger partial charge in [0.05, 0.1) is 22.9 Å². The molecule has 1 aliphatic rings. The van der Waals surface area contributed by atoms with E-state index in [2.05, 4.69) is 32.4 Å². The molecular formula is C16H12ClN5. The first-order chi connectivity index (χ1) is 10.8. The van der Waals surface area contributed by atoms with Crippen LogP contribution in [0, 0.1) is 17.8 Å². The fourth-order valence-electron chi connectivity index (χ4n) is 2.29. The summed E-state index contributed by atoms with van der Waals surface area (Å²) in [6.45, 7) is 0.917. The first-order valence-corrected chi connectivity index (χ1v) is 7.49. The lowest BCUT2D eigenvalue weighted by molar-refractivity contribution is 0.559. The summed E-state index contributed by atoms with van der Waals surface area (Å²) in [6, 6.07) is 5.70. The van der Waals surface area contributed by atoms with Crippen molar-refractivity contribution in [3.63, 3.8) is 0 Å². The Morgan fingerprint density at radius 2 is 2.09 bits per heavy atom. The Bertz CT molecular complexity index is 887. The molecule has 2 heterocycles. The molecule has 0 spiro atoms. The van der Waals surface area contributed by atoms with Crippen molar-refractivity contribution < 1.29 is 0 Å². The number of rotatable bonds is 2. The summed E-state index contributed by atoms with van der Waals surface area (Å²) >= 11 is 6.43. The van der Waals surface area contributed by atoms with Crippen LogP contribution in [-0.2, 0) is 6.54 Å². The highest BCUT2D eigenvalue weighted by atomic mass is 35.5. The Morgan fingerprint density at radius 1 is 1.18 bits per heavy atom. The minimum Gasteiger partial charge on any atom is -0.244 e. The molecule has 1 saturated carbocycles. The smallest absolute Gasteiger partial charge is 0.133 e. The molecule has 0 bridgehead atoms. The van der Waals surface area contributed by atoms with Crippen LogP contribution in [0.1, 0.15) is 24.0 Å². The van der Waals surface area contributed by atoms with Crippen molar-refractivity contribution in [1.82, 2.24) is 25.2 Å². The second-order valence-electron chi connectivity index (χ2n) is 5.39. The molecule has 0 N–H and O–H groups in total. The predicted molar refractivity (Wildman–Crippen MR) is 83.3 cm³/mol. The number of hydrogen-bond donors (Lipinski definition) is 0. The Balaban J connectivity index is 1.71. The Hall–Kier alpha value is -2.45. The lowest BCUT2D eigenvalue weighted by Crippen LogP contribution is -2.01. The molecular weight excluding hydrogens is 298 g/mol. The fourth-order valence-corrected chi connectivity index (χ4v) is 2.53. The number of aromatic nitrogens is 5. The average molecular weight is 310 g/mol. The van der Waals surface area contributed by atoms with Gasteiger partial charge in [-0.05, 0) is 37.0 Å². The molecule has 0 radical (unpaired) electrons. The molecule has 1 aliphatic carbocycles. The summed E-state index contributed by atoms with van der Waals surface area (Å²) in [5.74, 6) is 6.82. The Labute approximate surface area is 132 Å². The largest absolute Gasteiger partial charge is 0.244 e. The maximum Gasteiger partial charge on any atom is 0.133 e. The monoisotopic (exact) mass is 309 g/mol. The van der Waals surface area contributed by atoms with Gasteiger partial charge in [0, 0.05) is 17.7 Å². The van der Waals surface area contributed by atoms with Crippen molar-refractivity contribution in [2.75, 3.05) is 0 Å². The molecule has 0 atom stereocenters. The number of nitrogens with zero attached hydrogens (tertiary/aromatic N) is 5. The summed E-state index contributed by atoms with van der Waals surface area (Å²) in [4.78, 5) is 0. The number of hydrogen-bond acceptors (Lipinski definition) is 4. The van der Waals surface area contributed by atoms with Crippen molar-refractivity contribution in [3.05, 3.63) is 46.7 Å². The van der Waals surface area contributed by atoms with Crippen LogP contribution in [-0.4, -0.2) is 25.2 Å². The van der Waals surface area contributed by atoms with Gasteiger partial charge >= 0.3 is 0 Å². The summed E-state index contributed by atoms with van der Waals surface area (Å²) < 4.78 is 1.93. The van der Waals surface area contributed by atoms with Gasteiger partial charge in [-0.25, -0.2) is 4.68 Å². The van der Waals surface area contributed by atoms with Crippen LogP contribution in [0.25, 0.3) is 11.0 Å². The van der Waals surface area contributed by atoms with E-state index in [1.54, 1.807) is 18.5 Å². The highest BCUT2D eigenvalue weighted by molar-refractivity contribution is 6.36. The summed E-state index contributed by atoms with van der Waals surface area (Å²) in [6.07, 6.45) is 5.78. The molecule has 108 valence electrons.